The molecule has 2 rings (SSSR count). The number of hydrogen-bond acceptors (Lipinski definition) is 3. The number of benzene rings is 2. The first kappa shape index (κ1) is 15.1. The maximum Gasteiger partial charge on any atom is 0.119 e. The third-order valence-electron chi connectivity index (χ3n) is 2.79. The summed E-state index contributed by atoms with van der Waals surface area (Å²) in [6, 6.07) is 13.8. The minimum Gasteiger partial charge on any atom is -0.494 e. The van der Waals surface area contributed by atoms with E-state index < -0.39 is 0 Å². The van der Waals surface area contributed by atoms with Crippen LogP contribution in [0.3, 0.4) is 0 Å². The molecule has 0 fully saturated rings. The zero-order valence-electron chi connectivity index (χ0n) is 11.4. The molecule has 2 N–H and O–H groups in total. The molecule has 106 valence electrons. The monoisotopic (exact) mass is 307 g/mol. The Morgan fingerprint density at radius 2 is 2.05 bits per heavy atom. The molecule has 0 heterocycles. The highest BCUT2D eigenvalue weighted by molar-refractivity contribution is 7.99. The fourth-order valence-electron chi connectivity index (χ4n) is 1.74. The molecule has 0 aromatic heterocycles. The van der Waals surface area contributed by atoms with Gasteiger partial charge >= 0.3 is 0 Å². The Kier molecular flexibility index (Phi) is 5.62. The molecule has 0 atom stereocenters. The van der Waals surface area contributed by atoms with Crippen LogP contribution in [-0.4, -0.2) is 12.4 Å². The van der Waals surface area contributed by atoms with E-state index in [0.717, 1.165) is 29.4 Å². The van der Waals surface area contributed by atoms with Gasteiger partial charge in [-0.1, -0.05) is 23.7 Å². The highest BCUT2D eigenvalue weighted by Crippen LogP contribution is 2.26. The Bertz CT molecular complexity index is 574. The summed E-state index contributed by atoms with van der Waals surface area (Å²) in [5, 5.41) is 0.617. The van der Waals surface area contributed by atoms with Crippen molar-refractivity contribution in [2.75, 3.05) is 18.1 Å². The van der Waals surface area contributed by atoms with Crippen LogP contribution >= 0.6 is 23.4 Å². The van der Waals surface area contributed by atoms with Gasteiger partial charge in [-0.05, 0) is 49.2 Å². The summed E-state index contributed by atoms with van der Waals surface area (Å²) in [5.41, 5.74) is 7.52. The lowest BCUT2D eigenvalue weighted by molar-refractivity contribution is 0.318. The van der Waals surface area contributed by atoms with Crippen molar-refractivity contribution in [1.29, 1.82) is 0 Å². The average molecular weight is 308 g/mol. The molecule has 0 amide bonds. The molecule has 0 aliphatic rings. The van der Waals surface area contributed by atoms with Gasteiger partial charge in [-0.2, -0.15) is 0 Å². The lowest BCUT2D eigenvalue weighted by atomic mass is 10.2. The molecule has 2 aromatic carbocycles. The van der Waals surface area contributed by atoms with E-state index in [4.69, 9.17) is 22.1 Å². The van der Waals surface area contributed by atoms with Crippen LogP contribution in [0, 0.1) is 6.92 Å². The minimum absolute atomic E-state index is 0.617. The van der Waals surface area contributed by atoms with Crippen molar-refractivity contribution >= 4 is 29.1 Å². The van der Waals surface area contributed by atoms with Gasteiger partial charge in [-0.25, -0.2) is 0 Å². The second-order valence-electron chi connectivity index (χ2n) is 4.55. The topological polar surface area (TPSA) is 35.2 Å². The number of rotatable bonds is 6. The first-order valence-electron chi connectivity index (χ1n) is 6.52. The molecular weight excluding hydrogens is 290 g/mol. The highest BCUT2D eigenvalue weighted by Gasteiger charge is 2.00. The van der Waals surface area contributed by atoms with Crippen molar-refractivity contribution in [1.82, 2.24) is 0 Å². The van der Waals surface area contributed by atoms with Crippen LogP contribution < -0.4 is 10.5 Å². The second-order valence-corrected chi connectivity index (χ2v) is 6.13. The van der Waals surface area contributed by atoms with Crippen molar-refractivity contribution in [3.05, 3.63) is 53.1 Å². The van der Waals surface area contributed by atoms with Gasteiger partial charge in [0.25, 0.3) is 0 Å². The molecule has 0 aliphatic carbocycles. The van der Waals surface area contributed by atoms with Crippen LogP contribution in [0.1, 0.15) is 12.0 Å². The normalized spacial score (nSPS) is 10.5. The van der Waals surface area contributed by atoms with E-state index in [1.807, 2.05) is 36.4 Å². The van der Waals surface area contributed by atoms with Crippen molar-refractivity contribution in [3.63, 3.8) is 0 Å². The van der Waals surface area contributed by atoms with Gasteiger partial charge < -0.3 is 10.5 Å². The third kappa shape index (κ3) is 4.66. The molecular formula is C16H18ClNOS. The number of ether oxygens (including phenoxy) is 1. The van der Waals surface area contributed by atoms with E-state index in [2.05, 4.69) is 13.0 Å². The Morgan fingerprint density at radius 3 is 2.80 bits per heavy atom. The highest BCUT2D eigenvalue weighted by atomic mass is 35.5. The first-order chi connectivity index (χ1) is 9.65. The van der Waals surface area contributed by atoms with Gasteiger partial charge in [-0.15, -0.1) is 11.8 Å². The minimum atomic E-state index is 0.617. The summed E-state index contributed by atoms with van der Waals surface area (Å²) in [4.78, 5) is 1.14. The van der Waals surface area contributed by atoms with E-state index in [1.165, 1.54) is 5.56 Å². The van der Waals surface area contributed by atoms with Crippen LogP contribution in [0.25, 0.3) is 0 Å². The van der Waals surface area contributed by atoms with Crippen molar-refractivity contribution in [2.45, 2.75) is 18.2 Å². The average Bonchev–Trinajstić information content (AvgIpc) is 2.42. The number of nitrogens with two attached hydrogens (primary N) is 1. The molecule has 0 aliphatic heterocycles. The van der Waals surface area contributed by atoms with Crippen molar-refractivity contribution in [2.24, 2.45) is 0 Å². The van der Waals surface area contributed by atoms with Crippen molar-refractivity contribution in [3.8, 4) is 5.75 Å². The number of nitrogen functional groups attached to an aromatic ring is 1. The molecule has 0 bridgehead atoms. The van der Waals surface area contributed by atoms with Crippen LogP contribution in [0.4, 0.5) is 5.69 Å². The Labute approximate surface area is 129 Å². The van der Waals surface area contributed by atoms with E-state index >= 15 is 0 Å². The number of anilines is 1. The molecule has 2 aromatic rings. The van der Waals surface area contributed by atoms with E-state index in [1.54, 1.807) is 11.8 Å². The van der Waals surface area contributed by atoms with E-state index in [0.29, 0.717) is 10.7 Å². The molecule has 20 heavy (non-hydrogen) atoms. The summed E-state index contributed by atoms with van der Waals surface area (Å²) in [6.07, 6.45) is 0.987. The van der Waals surface area contributed by atoms with Gasteiger partial charge in [0.2, 0.25) is 0 Å². The van der Waals surface area contributed by atoms with Gasteiger partial charge in [-0.3, -0.25) is 0 Å². The predicted octanol–water partition coefficient (Wildman–Crippen LogP) is 4.79. The molecule has 0 spiro atoms. The van der Waals surface area contributed by atoms with Gasteiger partial charge in [0.05, 0.1) is 17.3 Å². The molecule has 0 saturated carbocycles. The van der Waals surface area contributed by atoms with Crippen molar-refractivity contribution < 1.29 is 4.74 Å². The lowest BCUT2D eigenvalue weighted by Crippen LogP contribution is -1.98. The number of aryl methyl sites for hydroxylation is 1. The summed E-state index contributed by atoms with van der Waals surface area (Å²) in [6.45, 7) is 2.78. The van der Waals surface area contributed by atoms with E-state index in [9.17, 15) is 0 Å². The van der Waals surface area contributed by atoms with Gasteiger partial charge in [0.1, 0.15) is 5.75 Å². The lowest BCUT2D eigenvalue weighted by Gasteiger charge is -2.07. The Hall–Kier alpha value is -1.32. The van der Waals surface area contributed by atoms with Crippen LogP contribution in [0.15, 0.2) is 47.4 Å². The fourth-order valence-corrected chi connectivity index (χ4v) is 2.85. The van der Waals surface area contributed by atoms with E-state index in [-0.39, 0.29) is 0 Å². The van der Waals surface area contributed by atoms with Crippen LogP contribution in [-0.2, 0) is 0 Å². The van der Waals surface area contributed by atoms with Gasteiger partial charge in [0.15, 0.2) is 0 Å². The standard InChI is InChI=1S/C16H18ClNOS/c1-12-4-2-5-13(10-12)19-8-3-9-20-14-6-7-16(18)15(17)11-14/h2,4-7,10-11H,3,8-9,18H2,1H3. The zero-order chi connectivity index (χ0) is 14.4. The largest absolute Gasteiger partial charge is 0.494 e. The summed E-state index contributed by atoms with van der Waals surface area (Å²) in [7, 11) is 0. The third-order valence-corrected chi connectivity index (χ3v) is 4.19. The Balaban J connectivity index is 1.70. The van der Waals surface area contributed by atoms with Crippen LogP contribution in [0.2, 0.25) is 5.02 Å². The second kappa shape index (κ2) is 7.46. The summed E-state index contributed by atoms with van der Waals surface area (Å²) >= 11 is 7.75. The number of halogens is 1. The maximum atomic E-state index is 5.99. The smallest absolute Gasteiger partial charge is 0.119 e. The number of thioether (sulfide) groups is 1. The van der Waals surface area contributed by atoms with Crippen LogP contribution in [0.5, 0.6) is 5.75 Å². The maximum absolute atomic E-state index is 5.99. The quantitative estimate of drug-likeness (QED) is 0.473. The molecule has 2 nitrogen and oxygen atoms in total. The Morgan fingerprint density at radius 1 is 1.20 bits per heavy atom. The fraction of sp³-hybridized carbons (Fsp3) is 0.250. The predicted molar refractivity (Wildman–Crippen MR) is 87.9 cm³/mol. The first-order valence-corrected chi connectivity index (χ1v) is 7.89. The molecule has 0 saturated heterocycles. The number of hydrogen-bond donors (Lipinski definition) is 1. The SMILES string of the molecule is Cc1cccc(OCCCSc2ccc(N)c(Cl)c2)c1. The molecule has 0 radical (unpaired) electrons. The molecule has 4 heteroatoms. The summed E-state index contributed by atoms with van der Waals surface area (Å²) in [5.74, 6) is 1.93. The zero-order valence-corrected chi connectivity index (χ0v) is 13.0. The summed E-state index contributed by atoms with van der Waals surface area (Å²) < 4.78 is 5.71. The van der Waals surface area contributed by atoms with Gasteiger partial charge in [0, 0.05) is 10.6 Å². The molecule has 0 unspecified atom stereocenters.